The fourth-order valence-corrected chi connectivity index (χ4v) is 0.917. The summed E-state index contributed by atoms with van der Waals surface area (Å²) in [4.78, 5) is 21.1. The number of aliphatic carboxylic acids is 1. The van der Waals surface area contributed by atoms with Gasteiger partial charge >= 0.3 is 5.97 Å². The van der Waals surface area contributed by atoms with Crippen molar-refractivity contribution in [3.63, 3.8) is 0 Å². The molecule has 5 heteroatoms. The van der Waals surface area contributed by atoms with Crippen molar-refractivity contribution in [3.05, 3.63) is 11.8 Å². The zero-order valence-electron chi connectivity index (χ0n) is 8.82. The SMILES string of the molecule is CCC/C=C(\O)CCC(=O)NCC(=O)O. The lowest BCUT2D eigenvalue weighted by Gasteiger charge is -2.01. The molecule has 0 heterocycles. The summed E-state index contributed by atoms with van der Waals surface area (Å²) in [5.41, 5.74) is 0. The zero-order chi connectivity index (χ0) is 11.7. The molecule has 0 aromatic heterocycles. The number of nitrogens with one attached hydrogen (secondary N) is 1. The molecule has 0 rings (SSSR count). The molecule has 0 fully saturated rings. The number of carboxylic acids is 1. The van der Waals surface area contributed by atoms with Crippen LogP contribution in [0.1, 0.15) is 32.6 Å². The maximum Gasteiger partial charge on any atom is 0.322 e. The Labute approximate surface area is 88.8 Å². The van der Waals surface area contributed by atoms with Crippen LogP contribution >= 0.6 is 0 Å². The summed E-state index contributed by atoms with van der Waals surface area (Å²) in [5.74, 6) is -1.26. The molecule has 3 N–H and O–H groups in total. The number of rotatable bonds is 7. The summed E-state index contributed by atoms with van der Waals surface area (Å²) in [6.07, 6.45) is 3.76. The van der Waals surface area contributed by atoms with Crippen LogP contribution in [0.4, 0.5) is 0 Å². The highest BCUT2D eigenvalue weighted by Gasteiger charge is 2.04. The van der Waals surface area contributed by atoms with Gasteiger partial charge in [-0.2, -0.15) is 0 Å². The Morgan fingerprint density at radius 1 is 1.27 bits per heavy atom. The lowest BCUT2D eigenvalue weighted by atomic mass is 10.2. The van der Waals surface area contributed by atoms with Crippen molar-refractivity contribution >= 4 is 11.9 Å². The lowest BCUT2D eigenvalue weighted by Crippen LogP contribution is -2.28. The van der Waals surface area contributed by atoms with Crippen molar-refractivity contribution in [3.8, 4) is 0 Å². The molecule has 0 aliphatic heterocycles. The normalized spacial score (nSPS) is 11.1. The summed E-state index contributed by atoms with van der Waals surface area (Å²) in [7, 11) is 0. The number of aliphatic hydroxyl groups excluding tert-OH is 1. The Morgan fingerprint density at radius 2 is 1.93 bits per heavy atom. The molecular weight excluding hydrogens is 198 g/mol. The number of amides is 1. The Bertz CT molecular complexity index is 248. The molecule has 0 aliphatic carbocycles. The quantitative estimate of drug-likeness (QED) is 0.557. The number of hydrogen-bond acceptors (Lipinski definition) is 3. The van der Waals surface area contributed by atoms with Gasteiger partial charge in [0.1, 0.15) is 6.54 Å². The molecule has 0 radical (unpaired) electrons. The number of aliphatic hydroxyl groups is 1. The predicted molar refractivity (Wildman–Crippen MR) is 55.5 cm³/mol. The first-order chi connectivity index (χ1) is 7.06. The second-order valence-corrected chi connectivity index (χ2v) is 3.15. The molecule has 0 saturated heterocycles. The first-order valence-electron chi connectivity index (χ1n) is 4.92. The Kier molecular flexibility index (Phi) is 7.05. The van der Waals surface area contributed by atoms with Crippen molar-refractivity contribution in [1.82, 2.24) is 5.32 Å². The van der Waals surface area contributed by atoms with Crippen LogP contribution in [0, 0.1) is 0 Å². The van der Waals surface area contributed by atoms with Gasteiger partial charge in [-0.1, -0.05) is 13.3 Å². The number of carboxylic acid groups (broad SMARTS) is 1. The highest BCUT2D eigenvalue weighted by molar-refractivity contribution is 5.81. The van der Waals surface area contributed by atoms with E-state index in [1.165, 1.54) is 0 Å². The predicted octanol–water partition coefficient (Wildman–Crippen LogP) is 1.21. The van der Waals surface area contributed by atoms with Gasteiger partial charge in [-0.25, -0.2) is 0 Å². The van der Waals surface area contributed by atoms with Crippen molar-refractivity contribution in [2.24, 2.45) is 0 Å². The number of carbonyl (C=O) groups excluding carboxylic acids is 1. The van der Waals surface area contributed by atoms with Gasteiger partial charge in [0, 0.05) is 12.8 Å². The van der Waals surface area contributed by atoms with Crippen LogP contribution < -0.4 is 5.32 Å². The Morgan fingerprint density at radius 3 is 2.47 bits per heavy atom. The van der Waals surface area contributed by atoms with E-state index in [9.17, 15) is 14.7 Å². The Hall–Kier alpha value is -1.52. The fraction of sp³-hybridized carbons (Fsp3) is 0.600. The summed E-state index contributed by atoms with van der Waals surface area (Å²) in [5, 5.41) is 19.8. The molecule has 0 atom stereocenters. The van der Waals surface area contributed by atoms with Gasteiger partial charge in [-0.15, -0.1) is 0 Å². The number of carbonyl (C=O) groups is 2. The topological polar surface area (TPSA) is 86.6 Å². The molecular formula is C10H17NO4. The highest BCUT2D eigenvalue weighted by Crippen LogP contribution is 2.03. The third-order valence-corrected chi connectivity index (χ3v) is 1.71. The first-order valence-corrected chi connectivity index (χ1v) is 4.92. The van der Waals surface area contributed by atoms with E-state index in [1.54, 1.807) is 6.08 Å². The van der Waals surface area contributed by atoms with Gasteiger partial charge < -0.3 is 15.5 Å². The molecule has 0 aromatic carbocycles. The van der Waals surface area contributed by atoms with Gasteiger partial charge in [0.2, 0.25) is 5.91 Å². The molecule has 15 heavy (non-hydrogen) atoms. The first kappa shape index (κ1) is 13.5. The standard InChI is InChI=1S/C10H17NO4/c1-2-3-4-8(12)5-6-9(13)11-7-10(14)15/h4,12H,2-3,5-7H2,1H3,(H,11,13)(H,14,15)/b8-4-. The molecule has 0 aliphatic rings. The molecule has 0 bridgehead atoms. The third kappa shape index (κ3) is 8.80. The molecule has 0 spiro atoms. The van der Waals surface area contributed by atoms with E-state index in [-0.39, 0.29) is 31.1 Å². The molecule has 1 amide bonds. The van der Waals surface area contributed by atoms with Gasteiger partial charge in [0.15, 0.2) is 0 Å². The minimum Gasteiger partial charge on any atom is -0.513 e. The average molecular weight is 215 g/mol. The smallest absolute Gasteiger partial charge is 0.322 e. The molecule has 0 saturated carbocycles. The van der Waals surface area contributed by atoms with E-state index >= 15 is 0 Å². The van der Waals surface area contributed by atoms with E-state index in [4.69, 9.17) is 5.11 Å². The monoisotopic (exact) mass is 215 g/mol. The zero-order valence-corrected chi connectivity index (χ0v) is 8.82. The second-order valence-electron chi connectivity index (χ2n) is 3.15. The van der Waals surface area contributed by atoms with Crippen LogP contribution in [0.2, 0.25) is 0 Å². The van der Waals surface area contributed by atoms with Gasteiger partial charge in [-0.05, 0) is 12.5 Å². The van der Waals surface area contributed by atoms with Gasteiger partial charge in [0.25, 0.3) is 0 Å². The van der Waals surface area contributed by atoms with Crippen LogP contribution in [0.3, 0.4) is 0 Å². The van der Waals surface area contributed by atoms with E-state index in [1.807, 2.05) is 6.92 Å². The lowest BCUT2D eigenvalue weighted by molar-refractivity contribution is -0.137. The van der Waals surface area contributed by atoms with Crippen molar-refractivity contribution in [1.29, 1.82) is 0 Å². The van der Waals surface area contributed by atoms with Crippen LogP contribution in [0.15, 0.2) is 11.8 Å². The molecule has 86 valence electrons. The summed E-state index contributed by atoms with van der Waals surface area (Å²) in [6.45, 7) is 1.61. The van der Waals surface area contributed by atoms with Crippen LogP contribution in [0.5, 0.6) is 0 Å². The Balaban J connectivity index is 3.66. The molecule has 5 nitrogen and oxygen atoms in total. The summed E-state index contributed by atoms with van der Waals surface area (Å²) >= 11 is 0. The van der Waals surface area contributed by atoms with Gasteiger partial charge in [0.05, 0.1) is 5.76 Å². The second kappa shape index (κ2) is 7.84. The third-order valence-electron chi connectivity index (χ3n) is 1.71. The van der Waals surface area contributed by atoms with E-state index in [2.05, 4.69) is 5.32 Å². The number of allylic oxidation sites excluding steroid dienone is 2. The van der Waals surface area contributed by atoms with Crippen LogP contribution in [-0.2, 0) is 9.59 Å². The largest absolute Gasteiger partial charge is 0.513 e. The van der Waals surface area contributed by atoms with E-state index in [0.29, 0.717) is 0 Å². The van der Waals surface area contributed by atoms with Crippen molar-refractivity contribution in [2.45, 2.75) is 32.6 Å². The minimum atomic E-state index is -1.07. The highest BCUT2D eigenvalue weighted by atomic mass is 16.4. The number of unbranched alkanes of at least 4 members (excludes halogenated alkanes) is 1. The fourth-order valence-electron chi connectivity index (χ4n) is 0.917. The van der Waals surface area contributed by atoms with Crippen LogP contribution in [-0.4, -0.2) is 28.6 Å². The van der Waals surface area contributed by atoms with E-state index in [0.717, 1.165) is 12.8 Å². The van der Waals surface area contributed by atoms with Crippen LogP contribution in [0.25, 0.3) is 0 Å². The maximum atomic E-state index is 11.0. The number of hydrogen-bond donors (Lipinski definition) is 3. The average Bonchev–Trinajstić information content (AvgIpc) is 2.20. The summed E-state index contributed by atoms with van der Waals surface area (Å²) < 4.78 is 0. The van der Waals surface area contributed by atoms with Crippen molar-refractivity contribution in [2.75, 3.05) is 6.54 Å². The molecule has 0 aromatic rings. The summed E-state index contributed by atoms with van der Waals surface area (Å²) in [6, 6.07) is 0. The molecule has 0 unspecified atom stereocenters. The van der Waals surface area contributed by atoms with Gasteiger partial charge in [-0.3, -0.25) is 9.59 Å². The van der Waals surface area contributed by atoms with E-state index < -0.39 is 5.97 Å². The van der Waals surface area contributed by atoms with Crippen molar-refractivity contribution < 1.29 is 19.8 Å². The minimum absolute atomic E-state index is 0.110. The maximum absolute atomic E-state index is 11.0.